The number of nitrogens with two attached hydrogens (primary N) is 1. The molecule has 0 fully saturated rings. The molecule has 0 radical (unpaired) electrons. The molecule has 29 heavy (non-hydrogen) atoms. The summed E-state index contributed by atoms with van der Waals surface area (Å²) in [6, 6.07) is 18.1. The number of nitrogens with zero attached hydrogens (tertiary/aromatic N) is 2. The highest BCUT2D eigenvalue weighted by molar-refractivity contribution is 5.92. The average molecular weight is 383 g/mol. The van der Waals surface area contributed by atoms with Crippen molar-refractivity contribution in [2.24, 2.45) is 5.73 Å². The van der Waals surface area contributed by atoms with E-state index in [9.17, 15) is 10.1 Å². The van der Waals surface area contributed by atoms with E-state index in [1.807, 2.05) is 31.2 Å². The maximum absolute atomic E-state index is 12.5. The predicted molar refractivity (Wildman–Crippen MR) is 106 cm³/mol. The fourth-order valence-corrected chi connectivity index (χ4v) is 3.36. The van der Waals surface area contributed by atoms with Crippen LogP contribution in [0, 0.1) is 18.3 Å². The summed E-state index contributed by atoms with van der Waals surface area (Å²) in [5.41, 5.74) is 9.29. The molecule has 0 amide bonds. The van der Waals surface area contributed by atoms with Gasteiger partial charge in [0.25, 0.3) is 0 Å². The van der Waals surface area contributed by atoms with Gasteiger partial charge in [0.2, 0.25) is 5.88 Å². The predicted octanol–water partition coefficient (Wildman–Crippen LogP) is 3.83. The first-order valence-corrected chi connectivity index (χ1v) is 8.97. The van der Waals surface area contributed by atoms with E-state index in [1.54, 1.807) is 42.7 Å². The molecule has 2 aromatic carbocycles. The molecule has 0 saturated heterocycles. The van der Waals surface area contributed by atoms with Crippen LogP contribution in [0.3, 0.4) is 0 Å². The zero-order valence-corrected chi connectivity index (χ0v) is 15.6. The van der Waals surface area contributed by atoms with Crippen molar-refractivity contribution in [3.05, 3.63) is 101 Å². The Morgan fingerprint density at radius 3 is 2.66 bits per heavy atom. The second kappa shape index (κ2) is 7.49. The van der Waals surface area contributed by atoms with E-state index in [-0.39, 0.29) is 11.8 Å². The topological polar surface area (TPSA) is 98.2 Å². The van der Waals surface area contributed by atoms with Crippen LogP contribution >= 0.6 is 0 Å². The maximum atomic E-state index is 12.5. The van der Waals surface area contributed by atoms with Gasteiger partial charge in [0.15, 0.2) is 0 Å². The third-order valence-electron chi connectivity index (χ3n) is 4.81. The van der Waals surface area contributed by atoms with Crippen molar-refractivity contribution in [1.82, 2.24) is 4.98 Å². The number of pyridine rings is 1. The lowest BCUT2D eigenvalue weighted by molar-refractivity contribution is 0.0733. The van der Waals surface area contributed by atoms with Gasteiger partial charge in [0, 0.05) is 24.0 Å². The molecule has 142 valence electrons. The molecule has 6 heteroatoms. The van der Waals surface area contributed by atoms with E-state index < -0.39 is 5.97 Å². The molecule has 6 nitrogen and oxygen atoms in total. The van der Waals surface area contributed by atoms with Gasteiger partial charge < -0.3 is 15.2 Å². The van der Waals surface area contributed by atoms with Crippen LogP contribution < -0.4 is 15.2 Å². The number of esters is 1. The summed E-state index contributed by atoms with van der Waals surface area (Å²) in [5, 5.41) is 9.59. The molecular formula is C23H17N3O3. The standard InChI is InChI=1S/C23H17N3O3/c1-14-4-2-3-5-17(14)23(27)28-16-6-7-18-20(12-16)29-22(25)19(13-24)21(18)15-8-10-26-11-9-15/h2-12,21H,25H2,1H3. The lowest BCUT2D eigenvalue weighted by atomic mass is 9.84. The number of nitriles is 1. The third kappa shape index (κ3) is 3.42. The van der Waals surface area contributed by atoms with Crippen LogP contribution in [0.2, 0.25) is 0 Å². The summed E-state index contributed by atoms with van der Waals surface area (Å²) in [7, 11) is 0. The van der Waals surface area contributed by atoms with Gasteiger partial charge in [0.1, 0.15) is 23.1 Å². The van der Waals surface area contributed by atoms with Crippen LogP contribution in [0.1, 0.15) is 33.0 Å². The highest BCUT2D eigenvalue weighted by Crippen LogP contribution is 2.43. The van der Waals surface area contributed by atoms with Gasteiger partial charge in [-0.3, -0.25) is 4.98 Å². The van der Waals surface area contributed by atoms with Gasteiger partial charge in [-0.25, -0.2) is 4.79 Å². The molecule has 0 aliphatic carbocycles. The SMILES string of the molecule is Cc1ccccc1C(=O)Oc1ccc2c(c1)OC(N)=C(C#N)C2c1ccncc1. The van der Waals surface area contributed by atoms with Crippen LogP contribution in [0.25, 0.3) is 0 Å². The Labute approximate surface area is 167 Å². The molecule has 1 unspecified atom stereocenters. The summed E-state index contributed by atoms with van der Waals surface area (Å²) in [4.78, 5) is 16.5. The van der Waals surface area contributed by atoms with Gasteiger partial charge in [-0.05, 0) is 42.3 Å². The van der Waals surface area contributed by atoms with Crippen molar-refractivity contribution < 1.29 is 14.3 Å². The Morgan fingerprint density at radius 1 is 1.17 bits per heavy atom. The molecule has 1 aliphatic heterocycles. The zero-order valence-electron chi connectivity index (χ0n) is 15.6. The Bertz CT molecular complexity index is 1160. The van der Waals surface area contributed by atoms with E-state index in [0.717, 1.165) is 16.7 Å². The van der Waals surface area contributed by atoms with E-state index in [1.165, 1.54) is 0 Å². The summed E-state index contributed by atoms with van der Waals surface area (Å²) in [5.74, 6) is -0.0279. The van der Waals surface area contributed by atoms with Gasteiger partial charge in [-0.15, -0.1) is 0 Å². The molecule has 1 aromatic heterocycles. The number of aryl methyl sites for hydroxylation is 1. The fourth-order valence-electron chi connectivity index (χ4n) is 3.36. The first kappa shape index (κ1) is 18.3. The molecular weight excluding hydrogens is 366 g/mol. The highest BCUT2D eigenvalue weighted by Gasteiger charge is 2.31. The summed E-state index contributed by atoms with van der Waals surface area (Å²) in [6.45, 7) is 1.85. The smallest absolute Gasteiger partial charge is 0.343 e. The van der Waals surface area contributed by atoms with E-state index >= 15 is 0 Å². The molecule has 3 aromatic rings. The first-order chi connectivity index (χ1) is 14.1. The number of allylic oxidation sites excluding steroid dienone is 1. The Balaban J connectivity index is 1.70. The van der Waals surface area contributed by atoms with Crippen molar-refractivity contribution in [1.29, 1.82) is 5.26 Å². The number of ether oxygens (including phenoxy) is 2. The number of hydrogen-bond donors (Lipinski definition) is 1. The van der Waals surface area contributed by atoms with E-state index in [0.29, 0.717) is 22.6 Å². The Hall–Kier alpha value is -4.11. The minimum Gasteiger partial charge on any atom is -0.440 e. The van der Waals surface area contributed by atoms with Gasteiger partial charge >= 0.3 is 5.97 Å². The van der Waals surface area contributed by atoms with Crippen LogP contribution in [0.5, 0.6) is 11.5 Å². The second-order valence-corrected chi connectivity index (χ2v) is 6.61. The minimum absolute atomic E-state index is 0.0317. The second-order valence-electron chi connectivity index (χ2n) is 6.61. The monoisotopic (exact) mass is 383 g/mol. The normalized spacial score (nSPS) is 15.1. The Morgan fingerprint density at radius 2 is 1.93 bits per heavy atom. The largest absolute Gasteiger partial charge is 0.440 e. The van der Waals surface area contributed by atoms with Gasteiger partial charge in [-0.1, -0.05) is 24.3 Å². The molecule has 0 saturated carbocycles. The third-order valence-corrected chi connectivity index (χ3v) is 4.81. The average Bonchev–Trinajstić information content (AvgIpc) is 2.73. The molecule has 1 atom stereocenters. The molecule has 2 N–H and O–H groups in total. The van der Waals surface area contributed by atoms with Crippen molar-refractivity contribution in [2.75, 3.05) is 0 Å². The molecule has 4 rings (SSSR count). The molecule has 0 bridgehead atoms. The molecule has 0 spiro atoms. The quantitative estimate of drug-likeness (QED) is 0.545. The zero-order chi connectivity index (χ0) is 20.4. The minimum atomic E-state index is -0.453. The lowest BCUT2D eigenvalue weighted by Gasteiger charge is -2.26. The van der Waals surface area contributed by atoms with E-state index in [2.05, 4.69) is 11.1 Å². The van der Waals surface area contributed by atoms with E-state index in [4.69, 9.17) is 15.2 Å². The molecule has 1 aliphatic rings. The lowest BCUT2D eigenvalue weighted by Crippen LogP contribution is -2.21. The number of rotatable bonds is 3. The highest BCUT2D eigenvalue weighted by atomic mass is 16.5. The summed E-state index contributed by atoms with van der Waals surface area (Å²) >= 11 is 0. The summed E-state index contributed by atoms with van der Waals surface area (Å²) in [6.07, 6.45) is 3.32. The van der Waals surface area contributed by atoms with Crippen LogP contribution in [0.4, 0.5) is 0 Å². The number of carbonyl (C=O) groups is 1. The maximum Gasteiger partial charge on any atom is 0.343 e. The van der Waals surface area contributed by atoms with Crippen LogP contribution in [-0.2, 0) is 0 Å². The van der Waals surface area contributed by atoms with Gasteiger partial charge in [-0.2, -0.15) is 5.26 Å². The Kier molecular flexibility index (Phi) is 4.71. The first-order valence-electron chi connectivity index (χ1n) is 8.97. The number of carbonyl (C=O) groups excluding carboxylic acids is 1. The number of fused-ring (bicyclic) bond motifs is 1. The summed E-state index contributed by atoms with van der Waals surface area (Å²) < 4.78 is 11.2. The van der Waals surface area contributed by atoms with Crippen molar-refractivity contribution in [3.63, 3.8) is 0 Å². The number of aromatic nitrogens is 1. The van der Waals surface area contributed by atoms with Crippen molar-refractivity contribution in [3.8, 4) is 17.6 Å². The molecule has 2 heterocycles. The van der Waals surface area contributed by atoms with Crippen LogP contribution in [0.15, 0.2) is 78.4 Å². The van der Waals surface area contributed by atoms with Crippen molar-refractivity contribution >= 4 is 5.97 Å². The van der Waals surface area contributed by atoms with Gasteiger partial charge in [0.05, 0.1) is 11.5 Å². The van der Waals surface area contributed by atoms with Crippen LogP contribution in [-0.4, -0.2) is 11.0 Å². The number of benzene rings is 2. The number of hydrogen-bond acceptors (Lipinski definition) is 6. The fraction of sp³-hybridized carbons (Fsp3) is 0.0870. The van der Waals surface area contributed by atoms with Crippen molar-refractivity contribution in [2.45, 2.75) is 12.8 Å².